The van der Waals surface area contributed by atoms with Crippen LogP contribution in [-0.2, 0) is 0 Å². The van der Waals surface area contributed by atoms with Crippen LogP contribution in [0.4, 0.5) is 0 Å². The maximum Gasteiger partial charge on any atom is 0.190 e. The zero-order valence-electron chi connectivity index (χ0n) is 24.6. The van der Waals surface area contributed by atoms with Crippen molar-refractivity contribution in [2.75, 3.05) is 6.26 Å². The maximum atomic E-state index is 6.85. The molecule has 7 aromatic heterocycles. The highest BCUT2D eigenvalue weighted by Gasteiger charge is 2.24. The van der Waals surface area contributed by atoms with Gasteiger partial charge in [-0.05, 0) is 54.8 Å². The first-order valence-electron chi connectivity index (χ1n) is 14.2. The molecule has 0 aliphatic carbocycles. The molecule has 1 aliphatic rings. The van der Waals surface area contributed by atoms with Crippen molar-refractivity contribution in [3.8, 4) is 33.4 Å². The van der Waals surface area contributed by atoms with Crippen LogP contribution in [0.3, 0.4) is 0 Å². The largest absolute Gasteiger partial charge is 0.354 e. The third kappa shape index (κ3) is 5.59. The van der Waals surface area contributed by atoms with Crippen LogP contribution in [-0.4, -0.2) is 56.1 Å². The maximum absolute atomic E-state index is 6.85. The predicted molar refractivity (Wildman–Crippen MR) is 200 cm³/mol. The lowest BCUT2D eigenvalue weighted by atomic mass is 10.1. The highest BCUT2D eigenvalue weighted by atomic mass is 35.5. The Labute approximate surface area is 310 Å². The Morgan fingerprint density at radius 1 is 0.429 bits per heavy atom. The smallest absolute Gasteiger partial charge is 0.190 e. The van der Waals surface area contributed by atoms with E-state index in [4.69, 9.17) is 74.6 Å². The lowest BCUT2D eigenvalue weighted by molar-refractivity contribution is 0.974. The number of hydrogen-bond acceptors (Lipinski definition) is 8. The lowest BCUT2D eigenvalue weighted by Crippen LogP contribution is -1.96. The van der Waals surface area contributed by atoms with Gasteiger partial charge in [0.15, 0.2) is 5.16 Å². The Morgan fingerprint density at radius 3 is 1.20 bits per heavy atom. The van der Waals surface area contributed by atoms with Crippen LogP contribution >= 0.6 is 81.4 Å². The number of H-pyrrole nitrogens is 3. The first kappa shape index (κ1) is 32.3. The molecule has 8 heterocycles. The van der Waals surface area contributed by atoms with Crippen molar-refractivity contribution >= 4 is 127 Å². The second kappa shape index (κ2) is 12.7. The molecule has 242 valence electrons. The third-order valence-corrected chi connectivity index (χ3v) is 10.1. The topological polar surface area (TPSA) is 138 Å². The molecular formula is C32H16Cl6N10S. The van der Waals surface area contributed by atoms with Crippen LogP contribution in [0.2, 0.25) is 30.9 Å². The van der Waals surface area contributed by atoms with Gasteiger partial charge >= 0.3 is 0 Å². The van der Waals surface area contributed by atoms with E-state index in [-0.39, 0.29) is 30.9 Å². The number of aromatic amines is 3. The summed E-state index contributed by atoms with van der Waals surface area (Å²) in [5.41, 5.74) is 8.00. The SMILES string of the molecule is CSc1nc(Cl)c(-c2c3nc(c(-c4c(Cl)ncnc4Cl)c4ccc([nH]4)c4ccc([nH]4)c(-c4c(Cl)ncnc4Cl)c4ccc2[nH]4)C=C3)c(Cl)n1. The van der Waals surface area contributed by atoms with E-state index in [0.29, 0.717) is 72.0 Å². The van der Waals surface area contributed by atoms with Crippen LogP contribution in [0.15, 0.2) is 54.2 Å². The molecular weight excluding hydrogens is 769 g/mol. The molecule has 0 radical (unpaired) electrons. The van der Waals surface area contributed by atoms with E-state index >= 15 is 0 Å². The molecule has 8 rings (SSSR count). The zero-order valence-corrected chi connectivity index (χ0v) is 29.9. The van der Waals surface area contributed by atoms with Crippen molar-refractivity contribution in [1.29, 1.82) is 0 Å². The van der Waals surface area contributed by atoms with Crippen LogP contribution < -0.4 is 0 Å². The van der Waals surface area contributed by atoms with Crippen molar-refractivity contribution < 1.29 is 0 Å². The van der Waals surface area contributed by atoms with Crippen LogP contribution in [0, 0.1) is 0 Å². The van der Waals surface area contributed by atoms with Gasteiger partial charge in [-0.25, -0.2) is 34.9 Å². The first-order chi connectivity index (χ1) is 23.7. The summed E-state index contributed by atoms with van der Waals surface area (Å²) in [6, 6.07) is 11.4. The highest BCUT2D eigenvalue weighted by Crippen LogP contribution is 2.43. The molecule has 0 spiro atoms. The summed E-state index contributed by atoms with van der Waals surface area (Å²) in [7, 11) is 0. The third-order valence-electron chi connectivity index (χ3n) is 7.82. The summed E-state index contributed by atoms with van der Waals surface area (Å²) < 4.78 is 0. The molecule has 0 unspecified atom stereocenters. The minimum atomic E-state index is 0.138. The standard InChI is InChI=1S/C32H16Cl6N10S/c1-49-32-47-30(37)25(31(38)48-32)22-18-8-6-16(45-18)20(23-26(33)39-10-40-27(23)34)14-4-2-12(43-14)13-3-5-15(44-13)21(17-7-9-19(22)46-17)24-28(35)41-11-42-29(24)36/h2-11,43-45H,1H3. The highest BCUT2D eigenvalue weighted by molar-refractivity contribution is 7.98. The molecule has 49 heavy (non-hydrogen) atoms. The number of fused-ring (bicyclic) bond motifs is 9. The molecule has 10 nitrogen and oxygen atoms in total. The predicted octanol–water partition coefficient (Wildman–Crippen LogP) is 10.7. The Hall–Kier alpha value is -3.94. The average molecular weight is 785 g/mol. The first-order valence-corrected chi connectivity index (χ1v) is 17.7. The van der Waals surface area contributed by atoms with Crippen molar-refractivity contribution in [1.82, 2.24) is 49.8 Å². The van der Waals surface area contributed by atoms with Gasteiger partial charge in [-0.2, -0.15) is 0 Å². The number of halogens is 6. The van der Waals surface area contributed by atoms with Gasteiger partial charge in [0.1, 0.15) is 43.6 Å². The molecule has 1 aliphatic heterocycles. The van der Waals surface area contributed by atoms with Crippen molar-refractivity contribution in [3.63, 3.8) is 0 Å². The molecule has 0 fully saturated rings. The molecule has 8 bridgehead atoms. The molecule has 17 heteroatoms. The number of thioether (sulfide) groups is 1. The summed E-state index contributed by atoms with van der Waals surface area (Å²) in [6.45, 7) is 0. The molecule has 0 saturated carbocycles. The van der Waals surface area contributed by atoms with Gasteiger partial charge in [-0.3, -0.25) is 0 Å². The number of rotatable bonds is 4. The number of nitrogens with one attached hydrogen (secondary N) is 3. The van der Waals surface area contributed by atoms with Crippen LogP contribution in [0.5, 0.6) is 0 Å². The van der Waals surface area contributed by atoms with Crippen LogP contribution in [0.1, 0.15) is 11.4 Å². The second-order valence-electron chi connectivity index (χ2n) is 10.5. The normalized spacial score (nSPS) is 12.0. The van der Waals surface area contributed by atoms with E-state index in [1.54, 1.807) is 0 Å². The monoisotopic (exact) mass is 782 g/mol. The van der Waals surface area contributed by atoms with E-state index in [1.165, 1.54) is 24.4 Å². The fourth-order valence-electron chi connectivity index (χ4n) is 5.73. The average Bonchev–Trinajstić information content (AvgIpc) is 3.90. The van der Waals surface area contributed by atoms with E-state index in [1.807, 2.05) is 54.8 Å². The Bertz CT molecular complexity index is 2580. The number of nitrogens with zero attached hydrogens (tertiary/aromatic N) is 7. The summed E-state index contributed by atoms with van der Waals surface area (Å²) >= 11 is 41.7. The van der Waals surface area contributed by atoms with Gasteiger partial charge < -0.3 is 15.0 Å². The van der Waals surface area contributed by atoms with Crippen LogP contribution in [0.25, 0.3) is 78.6 Å². The molecule has 0 amide bonds. The molecule has 7 aromatic rings. The Kier molecular flexibility index (Phi) is 8.40. The van der Waals surface area contributed by atoms with Gasteiger partial charge in [0.25, 0.3) is 0 Å². The van der Waals surface area contributed by atoms with E-state index in [0.717, 1.165) is 11.0 Å². The quantitative estimate of drug-likeness (QED) is 0.0911. The van der Waals surface area contributed by atoms with Gasteiger partial charge in [0, 0.05) is 38.8 Å². The van der Waals surface area contributed by atoms with E-state index in [2.05, 4.69) is 44.9 Å². The summed E-state index contributed by atoms with van der Waals surface area (Å²) in [5, 5.41) is 1.33. The Balaban J connectivity index is 1.61. The van der Waals surface area contributed by atoms with E-state index < -0.39 is 0 Å². The lowest BCUT2D eigenvalue weighted by Gasteiger charge is -2.09. The summed E-state index contributed by atoms with van der Waals surface area (Å²) in [4.78, 5) is 41.4. The Morgan fingerprint density at radius 2 is 0.776 bits per heavy atom. The van der Waals surface area contributed by atoms with Gasteiger partial charge in [-0.1, -0.05) is 81.4 Å². The fraction of sp³-hybridized carbons (Fsp3) is 0.0312. The molecule has 0 saturated heterocycles. The number of aromatic nitrogens is 10. The minimum absolute atomic E-state index is 0.138. The molecule has 3 N–H and O–H groups in total. The molecule has 0 aromatic carbocycles. The minimum Gasteiger partial charge on any atom is -0.354 e. The van der Waals surface area contributed by atoms with Crippen molar-refractivity contribution in [3.05, 3.63) is 91.4 Å². The fourth-order valence-corrected chi connectivity index (χ4v) is 7.78. The van der Waals surface area contributed by atoms with Gasteiger partial charge in [0.2, 0.25) is 0 Å². The summed E-state index contributed by atoms with van der Waals surface area (Å²) in [6.07, 6.45) is 8.11. The second-order valence-corrected chi connectivity index (χ2v) is 13.4. The zero-order chi connectivity index (χ0) is 34.0. The summed E-state index contributed by atoms with van der Waals surface area (Å²) in [5.74, 6) is 0. The van der Waals surface area contributed by atoms with Crippen molar-refractivity contribution in [2.24, 2.45) is 0 Å². The van der Waals surface area contributed by atoms with Gasteiger partial charge in [0.05, 0.1) is 39.1 Å². The van der Waals surface area contributed by atoms with Gasteiger partial charge in [-0.15, -0.1) is 0 Å². The molecule has 0 atom stereocenters. The number of hydrogen-bond donors (Lipinski definition) is 3. The van der Waals surface area contributed by atoms with Crippen molar-refractivity contribution in [2.45, 2.75) is 5.16 Å². The van der Waals surface area contributed by atoms with E-state index in [9.17, 15) is 0 Å².